The van der Waals surface area contributed by atoms with Crippen LogP contribution in [0.4, 0.5) is 5.69 Å². The smallest absolute Gasteiger partial charge is 0.197 e. The highest BCUT2D eigenvalue weighted by Gasteiger charge is 2.30. The van der Waals surface area contributed by atoms with Gasteiger partial charge in [-0.2, -0.15) is 0 Å². The number of thiophene rings is 2. The number of para-hydroxylation sites is 1. The third kappa shape index (κ3) is 3.53. The van der Waals surface area contributed by atoms with Gasteiger partial charge in [0.25, 0.3) is 0 Å². The molecule has 3 nitrogen and oxygen atoms in total. The predicted molar refractivity (Wildman–Crippen MR) is 110 cm³/mol. The molecule has 26 heavy (non-hydrogen) atoms. The number of carbonyl (C=O) groups excluding carboxylic acids is 2. The molecule has 0 amide bonds. The van der Waals surface area contributed by atoms with Crippen molar-refractivity contribution < 1.29 is 9.59 Å². The zero-order chi connectivity index (χ0) is 17.9. The minimum absolute atomic E-state index is 0.0160. The summed E-state index contributed by atoms with van der Waals surface area (Å²) in [6, 6.07) is 15.5. The zero-order valence-electron chi connectivity index (χ0n) is 13.7. The number of allylic oxidation sites excluding steroid dienone is 1. The van der Waals surface area contributed by atoms with Crippen LogP contribution < -0.4 is 4.90 Å². The lowest BCUT2D eigenvalue weighted by molar-refractivity contribution is 0.0986. The molecule has 0 saturated carbocycles. The number of hydrogen-bond acceptors (Lipinski definition) is 6. The van der Waals surface area contributed by atoms with E-state index in [4.69, 9.17) is 0 Å². The molecule has 0 N–H and O–H groups in total. The number of hydrogen-bond donors (Lipinski definition) is 0. The predicted octanol–water partition coefficient (Wildman–Crippen LogP) is 5.72. The summed E-state index contributed by atoms with van der Waals surface area (Å²) in [6.45, 7) is 0. The lowest BCUT2D eigenvalue weighted by Gasteiger charge is -2.21. The Morgan fingerprint density at radius 3 is 2.42 bits per heavy atom. The van der Waals surface area contributed by atoms with Gasteiger partial charge in [0.2, 0.25) is 0 Å². The van der Waals surface area contributed by atoms with Crippen LogP contribution in [0.3, 0.4) is 0 Å². The van der Waals surface area contributed by atoms with Gasteiger partial charge in [0.05, 0.1) is 20.8 Å². The van der Waals surface area contributed by atoms with Gasteiger partial charge in [0, 0.05) is 23.6 Å². The van der Waals surface area contributed by atoms with Crippen molar-refractivity contribution >= 4 is 51.7 Å². The first-order chi connectivity index (χ1) is 12.7. The van der Waals surface area contributed by atoms with Crippen molar-refractivity contribution in [3.8, 4) is 0 Å². The number of anilines is 1. The number of fused-ring (bicyclic) bond motifs is 1. The first kappa shape index (κ1) is 17.3. The van der Waals surface area contributed by atoms with Gasteiger partial charge in [-0.25, -0.2) is 0 Å². The van der Waals surface area contributed by atoms with Crippen LogP contribution in [0.15, 0.2) is 76.5 Å². The number of ketones is 2. The monoisotopic (exact) mass is 397 g/mol. The van der Waals surface area contributed by atoms with Crippen LogP contribution in [0, 0.1) is 0 Å². The van der Waals surface area contributed by atoms with Crippen molar-refractivity contribution in [2.45, 2.75) is 16.7 Å². The van der Waals surface area contributed by atoms with Crippen LogP contribution in [-0.4, -0.2) is 16.9 Å². The van der Waals surface area contributed by atoms with Gasteiger partial charge in [0.1, 0.15) is 0 Å². The normalized spacial score (nSPS) is 16.2. The zero-order valence-corrected chi connectivity index (χ0v) is 16.2. The second-order valence-electron chi connectivity index (χ2n) is 5.71. The van der Waals surface area contributed by atoms with Gasteiger partial charge in [-0.1, -0.05) is 36.0 Å². The molecule has 0 aliphatic carbocycles. The van der Waals surface area contributed by atoms with Gasteiger partial charge in [-0.3, -0.25) is 9.59 Å². The maximum Gasteiger partial charge on any atom is 0.197 e. The van der Waals surface area contributed by atoms with Crippen LogP contribution in [-0.2, 0) is 0 Å². The average molecular weight is 398 g/mol. The summed E-state index contributed by atoms with van der Waals surface area (Å²) in [6.07, 6.45) is 3.81. The number of thioether (sulfide) groups is 1. The van der Waals surface area contributed by atoms with E-state index in [1.165, 1.54) is 22.7 Å². The Morgan fingerprint density at radius 1 is 0.962 bits per heavy atom. The third-order valence-corrected chi connectivity index (χ3v) is 7.08. The molecular weight excluding hydrogens is 382 g/mol. The average Bonchev–Trinajstić information content (AvgIpc) is 3.39. The standard InChI is InChI=1S/C20H15NO2S3/c22-15(18-7-3-11-24-18)9-10-21-14-5-1-2-6-17(14)26-20(21)13-16(23)19-8-4-12-25-19/h1-12,20H,13H2/b10-9+. The van der Waals surface area contributed by atoms with E-state index >= 15 is 0 Å². The summed E-state index contributed by atoms with van der Waals surface area (Å²) in [4.78, 5) is 29.5. The van der Waals surface area contributed by atoms with Crippen molar-refractivity contribution in [3.63, 3.8) is 0 Å². The highest BCUT2D eigenvalue weighted by molar-refractivity contribution is 8.00. The molecule has 1 aliphatic rings. The van der Waals surface area contributed by atoms with Crippen molar-refractivity contribution in [1.82, 2.24) is 0 Å². The van der Waals surface area contributed by atoms with Gasteiger partial charge >= 0.3 is 0 Å². The largest absolute Gasteiger partial charge is 0.334 e. The van der Waals surface area contributed by atoms with Crippen molar-refractivity contribution in [2.75, 3.05) is 4.90 Å². The lowest BCUT2D eigenvalue weighted by atomic mass is 10.2. The summed E-state index contributed by atoms with van der Waals surface area (Å²) < 4.78 is 0. The van der Waals surface area contributed by atoms with Crippen molar-refractivity contribution in [1.29, 1.82) is 0 Å². The van der Waals surface area contributed by atoms with E-state index in [1.54, 1.807) is 17.8 Å². The third-order valence-electron chi connectivity index (χ3n) is 4.02. The quantitative estimate of drug-likeness (QED) is 0.394. The molecule has 0 bridgehead atoms. The fraction of sp³-hybridized carbons (Fsp3) is 0.100. The van der Waals surface area contributed by atoms with Crippen LogP contribution >= 0.6 is 34.4 Å². The lowest BCUT2D eigenvalue weighted by Crippen LogP contribution is -2.26. The maximum absolute atomic E-state index is 12.6. The van der Waals surface area contributed by atoms with Crippen LogP contribution in [0.1, 0.15) is 25.8 Å². The minimum atomic E-state index is -0.0469. The van der Waals surface area contributed by atoms with E-state index in [-0.39, 0.29) is 16.9 Å². The Bertz CT molecular complexity index is 945. The molecule has 0 radical (unpaired) electrons. The molecule has 0 fully saturated rings. The highest BCUT2D eigenvalue weighted by Crippen LogP contribution is 2.45. The van der Waals surface area contributed by atoms with E-state index in [9.17, 15) is 9.59 Å². The number of rotatable bonds is 6. The molecule has 1 unspecified atom stereocenters. The second-order valence-corrected chi connectivity index (χ2v) is 8.82. The molecule has 4 rings (SSSR count). The number of benzene rings is 1. The molecule has 3 heterocycles. The van der Waals surface area contributed by atoms with Gasteiger partial charge in [0.15, 0.2) is 11.6 Å². The fourth-order valence-electron chi connectivity index (χ4n) is 2.79. The van der Waals surface area contributed by atoms with E-state index in [1.807, 2.05) is 64.3 Å². The molecule has 0 saturated heterocycles. The molecule has 1 aromatic carbocycles. The Balaban J connectivity index is 1.57. The molecule has 6 heteroatoms. The second kappa shape index (κ2) is 7.61. The molecular formula is C20H15NO2S3. The van der Waals surface area contributed by atoms with E-state index in [0.29, 0.717) is 11.3 Å². The maximum atomic E-state index is 12.6. The summed E-state index contributed by atoms with van der Waals surface area (Å²) in [5, 5.41) is 3.76. The van der Waals surface area contributed by atoms with Gasteiger partial charge in [-0.15, -0.1) is 22.7 Å². The number of Topliss-reactive ketones (excluding diaryl/α,β-unsaturated/α-hetero) is 1. The first-order valence-corrected chi connectivity index (χ1v) is 10.7. The van der Waals surface area contributed by atoms with E-state index in [0.717, 1.165) is 15.5 Å². The van der Waals surface area contributed by atoms with Crippen LogP contribution in [0.2, 0.25) is 0 Å². The fourth-order valence-corrected chi connectivity index (χ4v) is 5.39. The van der Waals surface area contributed by atoms with Crippen molar-refractivity contribution in [3.05, 3.63) is 81.3 Å². The number of carbonyl (C=O) groups is 2. The Morgan fingerprint density at radius 2 is 1.69 bits per heavy atom. The highest BCUT2D eigenvalue weighted by atomic mass is 32.2. The molecule has 2 aromatic heterocycles. The molecule has 1 atom stereocenters. The van der Waals surface area contributed by atoms with Crippen molar-refractivity contribution in [2.24, 2.45) is 0 Å². The topological polar surface area (TPSA) is 37.4 Å². The molecule has 130 valence electrons. The SMILES string of the molecule is O=C(/C=C/N1c2ccccc2SC1CC(=O)c1cccs1)c1cccs1. The molecule has 3 aromatic rings. The summed E-state index contributed by atoms with van der Waals surface area (Å²) in [7, 11) is 0. The van der Waals surface area contributed by atoms with E-state index < -0.39 is 0 Å². The minimum Gasteiger partial charge on any atom is -0.334 e. The summed E-state index contributed by atoms with van der Waals surface area (Å²) in [5.41, 5.74) is 1.04. The van der Waals surface area contributed by atoms with E-state index in [2.05, 4.69) is 6.07 Å². The van der Waals surface area contributed by atoms with Gasteiger partial charge in [-0.05, 0) is 35.0 Å². The van der Waals surface area contributed by atoms with Crippen LogP contribution in [0.5, 0.6) is 0 Å². The number of nitrogens with zero attached hydrogens (tertiary/aromatic N) is 1. The first-order valence-electron chi connectivity index (χ1n) is 8.09. The Hall–Kier alpha value is -2.15. The Labute approximate surface area is 164 Å². The Kier molecular flexibility index (Phi) is 5.06. The summed E-state index contributed by atoms with van der Waals surface area (Å²) >= 11 is 4.57. The summed E-state index contributed by atoms with van der Waals surface area (Å²) in [5.74, 6) is 0.117. The molecule has 1 aliphatic heterocycles. The van der Waals surface area contributed by atoms with Crippen LogP contribution in [0.25, 0.3) is 0 Å². The molecule has 0 spiro atoms. The van der Waals surface area contributed by atoms with Gasteiger partial charge < -0.3 is 4.90 Å².